The number of sulfonamides is 2. The van der Waals surface area contributed by atoms with Crippen LogP contribution in [0.2, 0.25) is 0 Å². The van der Waals surface area contributed by atoms with Crippen molar-refractivity contribution in [2.75, 3.05) is 37.8 Å². The van der Waals surface area contributed by atoms with Crippen LogP contribution in [0.25, 0.3) is 0 Å². The summed E-state index contributed by atoms with van der Waals surface area (Å²) in [4.78, 5) is 14.9. The largest absolute Gasteiger partial charge is 0.325 e. The first-order valence-corrected chi connectivity index (χ1v) is 14.0. The molecule has 0 aromatic heterocycles. The number of nitrogens with one attached hydrogen (secondary N) is 2. The lowest BCUT2D eigenvalue weighted by Gasteiger charge is -2.35. The molecule has 2 N–H and O–H groups in total. The van der Waals surface area contributed by atoms with Gasteiger partial charge in [-0.15, -0.1) is 0 Å². The van der Waals surface area contributed by atoms with Gasteiger partial charge in [-0.3, -0.25) is 9.69 Å². The van der Waals surface area contributed by atoms with Gasteiger partial charge in [-0.1, -0.05) is 6.42 Å². The van der Waals surface area contributed by atoms with E-state index in [0.29, 0.717) is 44.7 Å². The number of amides is 1. The molecule has 31 heavy (non-hydrogen) atoms. The van der Waals surface area contributed by atoms with Crippen LogP contribution >= 0.6 is 0 Å². The van der Waals surface area contributed by atoms with Crippen molar-refractivity contribution < 1.29 is 21.6 Å². The molecule has 174 valence electrons. The van der Waals surface area contributed by atoms with Crippen molar-refractivity contribution in [2.24, 2.45) is 0 Å². The molecular weight excluding hydrogens is 440 g/mol. The Morgan fingerprint density at radius 1 is 0.968 bits per heavy atom. The van der Waals surface area contributed by atoms with E-state index >= 15 is 0 Å². The van der Waals surface area contributed by atoms with Crippen LogP contribution in [-0.4, -0.2) is 76.5 Å². The highest BCUT2D eigenvalue weighted by atomic mass is 32.2. The molecule has 2 saturated heterocycles. The quantitative estimate of drug-likeness (QED) is 0.616. The molecule has 1 atom stereocenters. The zero-order valence-electron chi connectivity index (χ0n) is 18.1. The van der Waals surface area contributed by atoms with Crippen LogP contribution < -0.4 is 10.0 Å². The molecule has 9 nitrogen and oxygen atoms in total. The minimum absolute atomic E-state index is 0.101. The van der Waals surface area contributed by atoms with Gasteiger partial charge in [0, 0.05) is 37.9 Å². The van der Waals surface area contributed by atoms with Gasteiger partial charge >= 0.3 is 0 Å². The van der Waals surface area contributed by atoms with Gasteiger partial charge in [0.2, 0.25) is 26.0 Å². The van der Waals surface area contributed by atoms with Crippen molar-refractivity contribution in [3.05, 3.63) is 24.3 Å². The van der Waals surface area contributed by atoms with Crippen molar-refractivity contribution in [3.63, 3.8) is 0 Å². The predicted molar refractivity (Wildman–Crippen MR) is 120 cm³/mol. The van der Waals surface area contributed by atoms with E-state index in [0.717, 1.165) is 25.5 Å². The molecule has 11 heteroatoms. The maximum Gasteiger partial charge on any atom is 0.243 e. The second kappa shape index (κ2) is 9.95. The average Bonchev–Trinajstić information content (AvgIpc) is 2.73. The molecule has 0 spiro atoms. The fourth-order valence-corrected chi connectivity index (χ4v) is 6.44. The lowest BCUT2D eigenvalue weighted by atomic mass is 10.0. The van der Waals surface area contributed by atoms with Gasteiger partial charge in [0.05, 0.1) is 17.2 Å². The van der Waals surface area contributed by atoms with E-state index in [1.807, 2.05) is 11.8 Å². The maximum atomic E-state index is 12.7. The molecular formula is C20H32N4O5S2. The van der Waals surface area contributed by atoms with E-state index in [4.69, 9.17) is 0 Å². The number of likely N-dealkylation sites (tertiary alicyclic amines) is 1. The van der Waals surface area contributed by atoms with Crippen LogP contribution in [0, 0.1) is 0 Å². The molecule has 2 heterocycles. The van der Waals surface area contributed by atoms with E-state index in [-0.39, 0.29) is 22.9 Å². The minimum atomic E-state index is -3.50. The first-order chi connectivity index (χ1) is 14.6. The smallest absolute Gasteiger partial charge is 0.243 e. The third kappa shape index (κ3) is 6.48. The summed E-state index contributed by atoms with van der Waals surface area (Å²) < 4.78 is 52.4. The Morgan fingerprint density at radius 3 is 2.10 bits per heavy atom. The van der Waals surface area contributed by atoms with E-state index in [1.165, 1.54) is 16.4 Å². The van der Waals surface area contributed by atoms with Crippen molar-refractivity contribution >= 4 is 31.6 Å². The highest BCUT2D eigenvalue weighted by Gasteiger charge is 2.28. The maximum absolute atomic E-state index is 12.7. The van der Waals surface area contributed by atoms with Gasteiger partial charge in [0.25, 0.3) is 0 Å². The van der Waals surface area contributed by atoms with Crippen LogP contribution in [0.3, 0.4) is 0 Å². The Morgan fingerprint density at radius 2 is 1.55 bits per heavy atom. The number of piperidine rings is 2. The summed E-state index contributed by atoms with van der Waals surface area (Å²) in [5.74, 6) is -0.179. The SMILES string of the molecule is CC(C(=O)Nc1ccc(S(=O)(=O)N2CCCCC2)cc1)N1CCC(NS(C)(=O)=O)CC1. The second-order valence-electron chi connectivity index (χ2n) is 8.35. The summed E-state index contributed by atoms with van der Waals surface area (Å²) in [7, 11) is -6.73. The summed E-state index contributed by atoms with van der Waals surface area (Å²) in [5, 5.41) is 2.85. The molecule has 1 unspecified atom stereocenters. The zero-order valence-corrected chi connectivity index (χ0v) is 19.7. The third-order valence-corrected chi connectivity index (χ3v) is 8.59. The van der Waals surface area contributed by atoms with Crippen LogP contribution in [0.4, 0.5) is 5.69 Å². The molecule has 0 aliphatic carbocycles. The second-order valence-corrected chi connectivity index (χ2v) is 12.1. The molecule has 0 radical (unpaired) electrons. The molecule has 2 fully saturated rings. The number of nitrogens with zero attached hydrogens (tertiary/aromatic N) is 2. The van der Waals surface area contributed by atoms with Crippen LogP contribution in [-0.2, 0) is 24.8 Å². The highest BCUT2D eigenvalue weighted by Crippen LogP contribution is 2.22. The number of carbonyl (C=O) groups is 1. The molecule has 0 saturated carbocycles. The lowest BCUT2D eigenvalue weighted by molar-refractivity contribution is -0.121. The standard InChI is InChI=1S/C20H32N4O5S2/c1-16(23-14-10-18(11-15-23)22-30(2,26)27)20(25)21-17-6-8-19(9-7-17)31(28,29)24-12-4-3-5-13-24/h6-9,16,18,22H,3-5,10-15H2,1-2H3,(H,21,25). The predicted octanol–water partition coefficient (Wildman–Crippen LogP) is 1.20. The zero-order chi connectivity index (χ0) is 22.6. The Bertz CT molecular complexity index is 965. The summed E-state index contributed by atoms with van der Waals surface area (Å²) in [5.41, 5.74) is 0.545. The molecule has 2 aliphatic rings. The molecule has 3 rings (SSSR count). The fraction of sp³-hybridized carbons (Fsp3) is 0.650. The molecule has 1 aromatic rings. The topological polar surface area (TPSA) is 116 Å². The Balaban J connectivity index is 1.54. The third-order valence-electron chi connectivity index (χ3n) is 5.91. The van der Waals surface area contributed by atoms with E-state index in [9.17, 15) is 21.6 Å². The summed E-state index contributed by atoms with van der Waals surface area (Å²) in [6.07, 6.45) is 5.26. The minimum Gasteiger partial charge on any atom is -0.325 e. The van der Waals surface area contributed by atoms with Gasteiger partial charge in [-0.05, 0) is 56.9 Å². The number of carbonyl (C=O) groups excluding carboxylic acids is 1. The number of hydrogen-bond donors (Lipinski definition) is 2. The summed E-state index contributed by atoms with van der Waals surface area (Å²) in [6.45, 7) is 4.15. The van der Waals surface area contributed by atoms with E-state index in [2.05, 4.69) is 10.0 Å². The van der Waals surface area contributed by atoms with E-state index in [1.54, 1.807) is 12.1 Å². The number of anilines is 1. The molecule has 2 aliphatic heterocycles. The van der Waals surface area contributed by atoms with E-state index < -0.39 is 20.0 Å². The number of rotatable bonds is 7. The molecule has 0 bridgehead atoms. The van der Waals surface area contributed by atoms with Gasteiger partial charge < -0.3 is 5.32 Å². The van der Waals surface area contributed by atoms with Crippen LogP contribution in [0.5, 0.6) is 0 Å². The van der Waals surface area contributed by atoms with Gasteiger partial charge in [-0.2, -0.15) is 4.31 Å². The van der Waals surface area contributed by atoms with Gasteiger partial charge in [0.15, 0.2) is 0 Å². The fourth-order valence-electron chi connectivity index (χ4n) is 4.08. The Kier molecular flexibility index (Phi) is 7.74. The first kappa shape index (κ1) is 24.1. The average molecular weight is 473 g/mol. The van der Waals surface area contributed by atoms with Crippen LogP contribution in [0.15, 0.2) is 29.2 Å². The summed E-state index contributed by atoms with van der Waals surface area (Å²) in [6, 6.07) is 5.82. The van der Waals surface area contributed by atoms with Crippen molar-refractivity contribution in [1.29, 1.82) is 0 Å². The van der Waals surface area contributed by atoms with Crippen LogP contribution in [0.1, 0.15) is 39.0 Å². The van der Waals surface area contributed by atoms with Gasteiger partial charge in [0.1, 0.15) is 0 Å². The summed E-state index contributed by atoms with van der Waals surface area (Å²) >= 11 is 0. The van der Waals surface area contributed by atoms with Gasteiger partial charge in [-0.25, -0.2) is 21.6 Å². The monoisotopic (exact) mass is 472 g/mol. The highest BCUT2D eigenvalue weighted by molar-refractivity contribution is 7.89. The Labute approximate surface area is 185 Å². The first-order valence-electron chi connectivity index (χ1n) is 10.7. The number of hydrogen-bond acceptors (Lipinski definition) is 6. The normalized spacial score (nSPS) is 21.0. The molecule has 1 aromatic carbocycles. The lowest BCUT2D eigenvalue weighted by Crippen LogP contribution is -2.50. The number of benzene rings is 1. The van der Waals surface area contributed by atoms with Crippen molar-refractivity contribution in [2.45, 2.75) is 56.0 Å². The molecule has 1 amide bonds. The van der Waals surface area contributed by atoms with Crippen molar-refractivity contribution in [1.82, 2.24) is 13.9 Å². The Hall–Kier alpha value is -1.53. The van der Waals surface area contributed by atoms with Crippen molar-refractivity contribution in [3.8, 4) is 0 Å².